The molecule has 0 aliphatic carbocycles. The molecule has 34 heavy (non-hydrogen) atoms. The topological polar surface area (TPSA) is 103 Å². The summed E-state index contributed by atoms with van der Waals surface area (Å²) in [7, 11) is 0. The number of nitrogens with zero attached hydrogens (tertiary/aromatic N) is 2. The number of ether oxygens (including phenoxy) is 1. The molecule has 3 aromatic rings. The molecule has 1 amide bonds. The lowest BCUT2D eigenvalue weighted by Gasteiger charge is -2.29. The first kappa shape index (κ1) is 22.9. The predicted octanol–water partition coefficient (Wildman–Crippen LogP) is 2.94. The SMILES string of the molecule is Cc1ccc([C@H](O)CNC2=C(c3nc4c(C)cc(N5CCOCC5)cc4[nH]3)C(=O)NC2)cc1Br. The van der Waals surface area contributed by atoms with Gasteiger partial charge in [-0.15, -0.1) is 0 Å². The van der Waals surface area contributed by atoms with Crippen LogP contribution in [-0.2, 0) is 9.53 Å². The zero-order valence-electron chi connectivity index (χ0n) is 19.2. The second kappa shape index (κ2) is 9.40. The van der Waals surface area contributed by atoms with Crippen LogP contribution in [0.4, 0.5) is 5.69 Å². The zero-order chi connectivity index (χ0) is 23.8. The zero-order valence-corrected chi connectivity index (χ0v) is 20.8. The number of nitrogens with one attached hydrogen (secondary N) is 3. The molecule has 2 aliphatic heterocycles. The molecule has 4 N–H and O–H groups in total. The van der Waals surface area contributed by atoms with Crippen LogP contribution in [0, 0.1) is 13.8 Å². The van der Waals surface area contributed by atoms with Gasteiger partial charge in [0.1, 0.15) is 11.4 Å². The highest BCUT2D eigenvalue weighted by molar-refractivity contribution is 9.10. The maximum Gasteiger partial charge on any atom is 0.257 e. The number of anilines is 1. The van der Waals surface area contributed by atoms with Gasteiger partial charge in [0.15, 0.2) is 0 Å². The second-order valence-electron chi connectivity index (χ2n) is 8.79. The first-order valence-corrected chi connectivity index (χ1v) is 12.2. The normalized spacial score (nSPS) is 17.4. The molecule has 0 radical (unpaired) electrons. The number of morpholine rings is 1. The van der Waals surface area contributed by atoms with Crippen molar-refractivity contribution in [1.82, 2.24) is 20.6 Å². The van der Waals surface area contributed by atoms with Crippen LogP contribution in [0.2, 0.25) is 0 Å². The number of amides is 1. The van der Waals surface area contributed by atoms with E-state index in [1.54, 1.807) is 0 Å². The average Bonchev–Trinajstić information content (AvgIpc) is 3.43. The number of carbonyl (C=O) groups is 1. The van der Waals surface area contributed by atoms with Crippen LogP contribution in [0.5, 0.6) is 0 Å². The van der Waals surface area contributed by atoms with Crippen molar-refractivity contribution in [1.29, 1.82) is 0 Å². The Kier molecular flexibility index (Phi) is 6.33. The summed E-state index contributed by atoms with van der Waals surface area (Å²) in [6.45, 7) is 7.84. The fraction of sp³-hybridized carbons (Fsp3) is 0.360. The van der Waals surface area contributed by atoms with Gasteiger partial charge >= 0.3 is 0 Å². The van der Waals surface area contributed by atoms with Crippen molar-refractivity contribution >= 4 is 44.1 Å². The molecule has 178 valence electrons. The number of aromatic nitrogens is 2. The first-order chi connectivity index (χ1) is 16.4. The maximum atomic E-state index is 12.7. The van der Waals surface area contributed by atoms with E-state index in [9.17, 15) is 9.90 Å². The highest BCUT2D eigenvalue weighted by Gasteiger charge is 2.27. The minimum atomic E-state index is -0.713. The summed E-state index contributed by atoms with van der Waals surface area (Å²) < 4.78 is 6.43. The van der Waals surface area contributed by atoms with Gasteiger partial charge in [0.05, 0.1) is 36.9 Å². The molecule has 2 aromatic carbocycles. The summed E-state index contributed by atoms with van der Waals surface area (Å²) in [5, 5.41) is 16.8. The lowest BCUT2D eigenvalue weighted by molar-refractivity contribution is -0.114. The van der Waals surface area contributed by atoms with E-state index >= 15 is 0 Å². The van der Waals surface area contributed by atoms with Crippen molar-refractivity contribution in [3.8, 4) is 0 Å². The molecule has 0 saturated carbocycles. The van der Waals surface area contributed by atoms with Crippen molar-refractivity contribution in [2.24, 2.45) is 0 Å². The van der Waals surface area contributed by atoms with Gasteiger partial charge in [-0.1, -0.05) is 28.1 Å². The van der Waals surface area contributed by atoms with Gasteiger partial charge in [-0.25, -0.2) is 4.98 Å². The highest BCUT2D eigenvalue weighted by Crippen LogP contribution is 2.29. The monoisotopic (exact) mass is 525 g/mol. The number of aromatic amines is 1. The third-order valence-corrected chi connectivity index (χ3v) is 7.27. The van der Waals surface area contributed by atoms with Gasteiger partial charge in [0.2, 0.25) is 0 Å². The third kappa shape index (κ3) is 4.43. The molecule has 9 heteroatoms. The number of hydrogen-bond acceptors (Lipinski definition) is 6. The number of H-pyrrole nitrogens is 1. The number of halogens is 1. The van der Waals surface area contributed by atoms with Gasteiger partial charge in [0.25, 0.3) is 5.91 Å². The Morgan fingerprint density at radius 1 is 1.21 bits per heavy atom. The van der Waals surface area contributed by atoms with Crippen molar-refractivity contribution in [2.45, 2.75) is 20.0 Å². The molecule has 1 saturated heterocycles. The fourth-order valence-electron chi connectivity index (χ4n) is 4.43. The van der Waals surface area contributed by atoms with E-state index in [0.717, 1.165) is 69.9 Å². The Bertz CT molecular complexity index is 1280. The van der Waals surface area contributed by atoms with E-state index in [0.29, 0.717) is 17.9 Å². The Hall–Kier alpha value is -2.88. The number of hydrogen-bond donors (Lipinski definition) is 4. The van der Waals surface area contributed by atoms with Crippen LogP contribution in [0.25, 0.3) is 16.6 Å². The summed E-state index contributed by atoms with van der Waals surface area (Å²) >= 11 is 3.52. The van der Waals surface area contributed by atoms with Crippen LogP contribution in [0.3, 0.4) is 0 Å². The lowest BCUT2D eigenvalue weighted by Crippen LogP contribution is -2.36. The molecule has 3 heterocycles. The van der Waals surface area contributed by atoms with Crippen LogP contribution in [0.1, 0.15) is 28.6 Å². The van der Waals surface area contributed by atoms with Gasteiger partial charge in [-0.2, -0.15) is 0 Å². The quantitative estimate of drug-likeness (QED) is 0.394. The summed E-state index contributed by atoms with van der Waals surface area (Å²) in [6.07, 6.45) is -0.713. The van der Waals surface area contributed by atoms with E-state index in [1.807, 2.05) is 32.0 Å². The maximum absolute atomic E-state index is 12.7. The van der Waals surface area contributed by atoms with E-state index in [-0.39, 0.29) is 12.5 Å². The molecule has 0 bridgehead atoms. The average molecular weight is 526 g/mol. The summed E-state index contributed by atoms with van der Waals surface area (Å²) in [5.74, 6) is 0.350. The summed E-state index contributed by atoms with van der Waals surface area (Å²) in [6, 6.07) is 10.0. The number of benzene rings is 2. The number of fused-ring (bicyclic) bond motifs is 1. The lowest BCUT2D eigenvalue weighted by atomic mass is 10.1. The van der Waals surface area contributed by atoms with Crippen LogP contribution in [0.15, 0.2) is 40.5 Å². The van der Waals surface area contributed by atoms with E-state index in [2.05, 4.69) is 48.6 Å². The number of aryl methyl sites for hydroxylation is 2. The number of imidazole rings is 1. The molecule has 1 atom stereocenters. The van der Waals surface area contributed by atoms with Gasteiger partial charge in [0, 0.05) is 35.5 Å². The van der Waals surface area contributed by atoms with Crippen LogP contribution >= 0.6 is 15.9 Å². The highest BCUT2D eigenvalue weighted by atomic mass is 79.9. The number of rotatable bonds is 6. The molecular formula is C25H28BrN5O3. The molecule has 1 aromatic heterocycles. The van der Waals surface area contributed by atoms with E-state index < -0.39 is 6.10 Å². The molecular weight excluding hydrogens is 498 g/mol. The third-order valence-electron chi connectivity index (χ3n) is 6.42. The number of carbonyl (C=O) groups excluding carboxylic acids is 1. The number of aliphatic hydroxyl groups excluding tert-OH is 1. The Balaban J connectivity index is 1.41. The predicted molar refractivity (Wildman–Crippen MR) is 136 cm³/mol. The molecule has 8 nitrogen and oxygen atoms in total. The Morgan fingerprint density at radius 3 is 2.76 bits per heavy atom. The van der Waals surface area contributed by atoms with Crippen molar-refractivity contribution in [3.63, 3.8) is 0 Å². The van der Waals surface area contributed by atoms with Gasteiger partial charge in [-0.05, 0) is 48.7 Å². The van der Waals surface area contributed by atoms with Gasteiger partial charge in [-0.3, -0.25) is 4.79 Å². The second-order valence-corrected chi connectivity index (χ2v) is 9.64. The Morgan fingerprint density at radius 2 is 2.00 bits per heavy atom. The van der Waals surface area contributed by atoms with Crippen molar-refractivity contribution in [2.75, 3.05) is 44.3 Å². The fourth-order valence-corrected chi connectivity index (χ4v) is 4.83. The molecule has 0 spiro atoms. The smallest absolute Gasteiger partial charge is 0.257 e. The molecule has 1 fully saturated rings. The molecule has 0 unspecified atom stereocenters. The van der Waals surface area contributed by atoms with Gasteiger partial charge < -0.3 is 30.4 Å². The molecule has 2 aliphatic rings. The van der Waals surface area contributed by atoms with Crippen LogP contribution < -0.4 is 15.5 Å². The summed E-state index contributed by atoms with van der Waals surface area (Å²) in [4.78, 5) is 23.1. The minimum Gasteiger partial charge on any atom is -0.387 e. The first-order valence-electron chi connectivity index (χ1n) is 11.4. The van der Waals surface area contributed by atoms with Crippen LogP contribution in [-0.4, -0.2) is 60.4 Å². The summed E-state index contributed by atoms with van der Waals surface area (Å²) in [5.41, 5.74) is 7.04. The number of aliphatic hydroxyl groups is 1. The van der Waals surface area contributed by atoms with E-state index in [1.165, 1.54) is 0 Å². The standard InChI is InChI=1S/C25H28BrN5O3/c1-14-3-4-16(10-18(14)26)21(32)13-27-20-12-28-25(33)22(20)24-29-19-11-17(9-15(2)23(19)30-24)31-5-7-34-8-6-31/h3-4,9-11,21,27,32H,5-8,12-13H2,1-2H3,(H,28,33)(H,29,30)/t21-/m1/s1. The van der Waals surface area contributed by atoms with E-state index in [4.69, 9.17) is 9.72 Å². The minimum absolute atomic E-state index is 0.180. The molecule has 5 rings (SSSR count). The largest absolute Gasteiger partial charge is 0.387 e. The Labute approximate surface area is 206 Å². The van der Waals surface area contributed by atoms with Crippen molar-refractivity contribution in [3.05, 3.63) is 63.0 Å². The van der Waals surface area contributed by atoms with Crippen molar-refractivity contribution < 1.29 is 14.6 Å².